The molecule has 0 aliphatic heterocycles. The molecule has 17 heavy (non-hydrogen) atoms. The number of allylic oxidation sites excluding steroid dienone is 1. The van der Waals surface area contributed by atoms with Crippen molar-refractivity contribution in [1.29, 1.82) is 0 Å². The first-order valence-corrected chi connectivity index (χ1v) is 5.15. The monoisotopic (exact) mass is 244 g/mol. The second kappa shape index (κ2) is 12.4. The zero-order valence-corrected chi connectivity index (χ0v) is 10.8. The predicted molar refractivity (Wildman–Crippen MR) is 64.0 cm³/mol. The molecule has 0 bridgehead atoms. The first-order valence-electron chi connectivity index (χ1n) is 5.15. The van der Waals surface area contributed by atoms with Crippen molar-refractivity contribution < 1.29 is 24.1 Å². The van der Waals surface area contributed by atoms with Crippen molar-refractivity contribution in [2.75, 3.05) is 13.7 Å². The normalized spacial score (nSPS) is 9.18. The summed E-state index contributed by atoms with van der Waals surface area (Å²) in [5.74, 6) is -1.33. The minimum atomic E-state index is -0.754. The lowest BCUT2D eigenvalue weighted by molar-refractivity contribution is -0.249. The van der Waals surface area contributed by atoms with Gasteiger partial charge in [-0.25, -0.2) is 9.59 Å². The lowest BCUT2D eigenvalue weighted by Gasteiger charge is -1.96. The number of carbonyl (C=O) groups excluding carboxylic acids is 2. The number of hydrogen-bond donors (Lipinski definition) is 0. The largest absolute Gasteiger partial charge is 0.463 e. The van der Waals surface area contributed by atoms with Crippen LogP contribution in [0.1, 0.15) is 27.2 Å². The maximum atomic E-state index is 10.8. The summed E-state index contributed by atoms with van der Waals surface area (Å²) in [4.78, 5) is 29.5. The Labute approximate surface area is 102 Å². The third kappa shape index (κ3) is 20.5. The topological polar surface area (TPSA) is 61.8 Å². The quantitative estimate of drug-likeness (QED) is 0.244. The van der Waals surface area contributed by atoms with Gasteiger partial charge in [0.2, 0.25) is 0 Å². The van der Waals surface area contributed by atoms with E-state index in [1.54, 1.807) is 0 Å². The Morgan fingerprint density at radius 3 is 2.06 bits per heavy atom. The molecule has 98 valence electrons. The molecule has 0 saturated heterocycles. The summed E-state index contributed by atoms with van der Waals surface area (Å²) in [6.45, 7) is 9.71. The second-order valence-corrected chi connectivity index (χ2v) is 3.28. The van der Waals surface area contributed by atoms with Crippen LogP contribution in [0, 0.1) is 0 Å². The highest BCUT2D eigenvalue weighted by atomic mass is 17.2. The number of hydrogen-bond acceptors (Lipinski definition) is 5. The van der Waals surface area contributed by atoms with E-state index in [0.29, 0.717) is 6.61 Å². The molecule has 0 heterocycles. The van der Waals surface area contributed by atoms with Gasteiger partial charge in [-0.05, 0) is 20.3 Å². The molecule has 5 nitrogen and oxygen atoms in total. The highest BCUT2D eigenvalue weighted by Gasteiger charge is 1.99. The number of esters is 1. The summed E-state index contributed by atoms with van der Waals surface area (Å²) < 4.78 is 4.65. The molecular formula is C12H20O5. The first-order chi connectivity index (χ1) is 7.93. The Morgan fingerprint density at radius 2 is 1.65 bits per heavy atom. The molecular weight excluding hydrogens is 224 g/mol. The summed E-state index contributed by atoms with van der Waals surface area (Å²) in [7, 11) is 1.20. The van der Waals surface area contributed by atoms with Crippen LogP contribution in [0.2, 0.25) is 0 Å². The van der Waals surface area contributed by atoms with E-state index in [1.807, 2.05) is 20.8 Å². The van der Waals surface area contributed by atoms with Crippen molar-refractivity contribution in [2.45, 2.75) is 27.2 Å². The van der Waals surface area contributed by atoms with Crippen LogP contribution >= 0.6 is 0 Å². The fourth-order valence-electron chi connectivity index (χ4n) is 0.497. The fraction of sp³-hybridized carbons (Fsp3) is 0.500. The predicted octanol–water partition coefficient (Wildman–Crippen LogP) is 2.18. The fourth-order valence-corrected chi connectivity index (χ4v) is 0.497. The molecule has 0 radical (unpaired) electrons. The van der Waals surface area contributed by atoms with E-state index in [1.165, 1.54) is 12.7 Å². The summed E-state index contributed by atoms with van der Waals surface area (Å²) in [5.41, 5.74) is 1.17. The van der Waals surface area contributed by atoms with Crippen LogP contribution in [-0.2, 0) is 24.1 Å². The maximum absolute atomic E-state index is 10.8. The molecule has 0 aliphatic rings. The van der Waals surface area contributed by atoms with Crippen LogP contribution in [0.5, 0.6) is 0 Å². The zero-order valence-electron chi connectivity index (χ0n) is 10.8. The lowest BCUT2D eigenvalue weighted by Crippen LogP contribution is -2.04. The van der Waals surface area contributed by atoms with E-state index in [4.69, 9.17) is 0 Å². The molecule has 0 unspecified atom stereocenters. The van der Waals surface area contributed by atoms with E-state index in [-0.39, 0.29) is 0 Å². The van der Waals surface area contributed by atoms with E-state index in [2.05, 4.69) is 21.1 Å². The van der Waals surface area contributed by atoms with E-state index < -0.39 is 11.9 Å². The summed E-state index contributed by atoms with van der Waals surface area (Å²) in [5, 5.41) is 0. The third-order valence-corrected chi connectivity index (χ3v) is 0.969. The van der Waals surface area contributed by atoms with Crippen molar-refractivity contribution >= 4 is 11.9 Å². The first kappa shape index (κ1) is 17.8. The van der Waals surface area contributed by atoms with E-state index in [0.717, 1.165) is 18.6 Å². The molecule has 0 N–H and O–H groups in total. The molecule has 0 spiro atoms. The molecule has 5 heteroatoms. The van der Waals surface area contributed by atoms with Gasteiger partial charge in [-0.2, -0.15) is 4.89 Å². The van der Waals surface area contributed by atoms with Gasteiger partial charge in [0, 0.05) is 12.2 Å². The van der Waals surface area contributed by atoms with Crippen molar-refractivity contribution in [3.63, 3.8) is 0 Å². The Balaban J connectivity index is 0. The van der Waals surface area contributed by atoms with Crippen LogP contribution < -0.4 is 0 Å². The molecule has 0 rings (SSSR count). The van der Waals surface area contributed by atoms with Crippen molar-refractivity contribution in [3.8, 4) is 0 Å². The minimum Gasteiger partial charge on any atom is -0.463 e. The smallest absolute Gasteiger partial charge is 0.366 e. The van der Waals surface area contributed by atoms with Crippen LogP contribution in [0.4, 0.5) is 0 Å². The number of ether oxygens (including phenoxy) is 1. The van der Waals surface area contributed by atoms with Gasteiger partial charge in [0.1, 0.15) is 0 Å². The Hall–Kier alpha value is -1.62. The SMILES string of the molecule is C=C(C)C.CCCOC(=O)/C=C\C(=O)OOC. The number of carbonyl (C=O) groups is 2. The van der Waals surface area contributed by atoms with Crippen LogP contribution in [-0.4, -0.2) is 25.7 Å². The summed E-state index contributed by atoms with van der Waals surface area (Å²) >= 11 is 0. The molecule has 0 atom stereocenters. The van der Waals surface area contributed by atoms with Crippen molar-refractivity contribution in [3.05, 3.63) is 24.3 Å². The zero-order chi connectivity index (χ0) is 13.7. The standard InChI is InChI=1S/C8H12O5.C4H8/c1-3-6-12-7(9)4-5-8(10)13-11-2;1-4(2)3/h4-5H,3,6H2,1-2H3;1H2,2-3H3/b5-4-;. The van der Waals surface area contributed by atoms with E-state index >= 15 is 0 Å². The van der Waals surface area contributed by atoms with Gasteiger partial charge in [-0.1, -0.05) is 12.5 Å². The maximum Gasteiger partial charge on any atom is 0.366 e. The lowest BCUT2D eigenvalue weighted by atomic mass is 10.4. The molecule has 0 fully saturated rings. The van der Waals surface area contributed by atoms with Crippen molar-refractivity contribution in [2.24, 2.45) is 0 Å². The van der Waals surface area contributed by atoms with Gasteiger partial charge in [0.05, 0.1) is 13.7 Å². The molecule has 0 aliphatic carbocycles. The van der Waals surface area contributed by atoms with Gasteiger partial charge >= 0.3 is 11.9 Å². The second-order valence-electron chi connectivity index (χ2n) is 3.28. The Morgan fingerprint density at radius 1 is 1.18 bits per heavy atom. The molecule has 0 amide bonds. The Kier molecular flexibility index (Phi) is 13.0. The average molecular weight is 244 g/mol. The summed E-state index contributed by atoms with van der Waals surface area (Å²) in [6.07, 6.45) is 2.65. The van der Waals surface area contributed by atoms with E-state index in [9.17, 15) is 9.59 Å². The number of rotatable bonds is 5. The molecule has 0 aromatic carbocycles. The van der Waals surface area contributed by atoms with Crippen LogP contribution in [0.25, 0.3) is 0 Å². The average Bonchev–Trinajstić information content (AvgIpc) is 2.23. The summed E-state index contributed by atoms with van der Waals surface area (Å²) in [6, 6.07) is 0. The van der Waals surface area contributed by atoms with Crippen LogP contribution in [0.3, 0.4) is 0 Å². The van der Waals surface area contributed by atoms with Crippen LogP contribution in [0.15, 0.2) is 24.3 Å². The van der Waals surface area contributed by atoms with Gasteiger partial charge in [-0.15, -0.1) is 6.58 Å². The Bertz CT molecular complexity index is 264. The molecule has 0 saturated carbocycles. The molecule has 0 aromatic rings. The van der Waals surface area contributed by atoms with Gasteiger partial charge < -0.3 is 4.74 Å². The van der Waals surface area contributed by atoms with Crippen molar-refractivity contribution in [1.82, 2.24) is 0 Å². The minimum absolute atomic E-state index is 0.336. The molecule has 0 aromatic heterocycles. The third-order valence-electron chi connectivity index (χ3n) is 0.969. The highest BCUT2D eigenvalue weighted by molar-refractivity contribution is 5.91. The van der Waals surface area contributed by atoms with Gasteiger partial charge in [0.25, 0.3) is 0 Å². The van der Waals surface area contributed by atoms with Gasteiger partial charge in [-0.3, -0.25) is 4.89 Å². The highest BCUT2D eigenvalue weighted by Crippen LogP contribution is 1.86. The van der Waals surface area contributed by atoms with Gasteiger partial charge in [0.15, 0.2) is 0 Å².